The zero-order valence-electron chi connectivity index (χ0n) is 14.5. The Labute approximate surface area is 147 Å². The summed E-state index contributed by atoms with van der Waals surface area (Å²) in [5, 5.41) is 25.3. The molecule has 1 aromatic carbocycles. The van der Waals surface area contributed by atoms with Crippen molar-refractivity contribution in [3.63, 3.8) is 0 Å². The fourth-order valence-corrected chi connectivity index (χ4v) is 2.60. The number of nitriles is 1. The minimum absolute atomic E-state index is 0.0225. The van der Waals surface area contributed by atoms with Gasteiger partial charge in [0, 0.05) is 12.0 Å². The summed E-state index contributed by atoms with van der Waals surface area (Å²) >= 11 is 0. The molecule has 0 radical (unpaired) electrons. The number of aliphatic hydroxyl groups is 1. The van der Waals surface area contributed by atoms with Gasteiger partial charge >= 0.3 is 0 Å². The van der Waals surface area contributed by atoms with E-state index in [-0.39, 0.29) is 18.6 Å². The molecule has 1 aliphatic carbocycles. The smallest absolute Gasteiger partial charge is 0.225 e. The fourth-order valence-electron chi connectivity index (χ4n) is 2.60. The van der Waals surface area contributed by atoms with Crippen molar-refractivity contribution in [1.82, 2.24) is 9.97 Å². The van der Waals surface area contributed by atoms with Crippen LogP contribution in [0.4, 0.5) is 17.5 Å². The van der Waals surface area contributed by atoms with Crippen LogP contribution >= 0.6 is 0 Å². The van der Waals surface area contributed by atoms with Crippen LogP contribution in [-0.4, -0.2) is 27.7 Å². The highest BCUT2D eigenvalue weighted by molar-refractivity contribution is 5.65. The van der Waals surface area contributed by atoms with E-state index in [0.717, 1.165) is 24.2 Å². The van der Waals surface area contributed by atoms with Crippen LogP contribution in [0.5, 0.6) is 0 Å². The van der Waals surface area contributed by atoms with Crippen LogP contribution in [-0.2, 0) is 0 Å². The average molecular weight is 337 g/mol. The maximum atomic E-state index is 9.55. The predicted octanol–water partition coefficient (Wildman–Crippen LogP) is 3.40. The quantitative estimate of drug-likeness (QED) is 0.717. The highest BCUT2D eigenvalue weighted by Crippen LogP contribution is 2.40. The average Bonchev–Trinajstić information content (AvgIpc) is 3.45. The second-order valence-corrected chi connectivity index (χ2v) is 6.74. The molecule has 3 rings (SSSR count). The molecule has 1 atom stereocenters. The molecule has 0 amide bonds. The molecule has 6 nitrogen and oxygen atoms in total. The maximum Gasteiger partial charge on any atom is 0.225 e. The molecule has 0 saturated heterocycles. The lowest BCUT2D eigenvalue weighted by molar-refractivity contribution is 0.248. The van der Waals surface area contributed by atoms with Gasteiger partial charge in [-0.15, -0.1) is 0 Å². The van der Waals surface area contributed by atoms with E-state index in [0.29, 0.717) is 23.2 Å². The van der Waals surface area contributed by atoms with E-state index in [9.17, 15) is 10.4 Å². The van der Waals surface area contributed by atoms with Crippen LogP contribution in [0.15, 0.2) is 30.3 Å². The van der Waals surface area contributed by atoms with Gasteiger partial charge in [0.2, 0.25) is 5.95 Å². The van der Waals surface area contributed by atoms with Gasteiger partial charge in [-0.05, 0) is 30.9 Å². The predicted molar refractivity (Wildman–Crippen MR) is 97.8 cm³/mol. The van der Waals surface area contributed by atoms with Crippen molar-refractivity contribution in [1.29, 1.82) is 5.26 Å². The van der Waals surface area contributed by atoms with Crippen LogP contribution in [0.1, 0.15) is 43.9 Å². The minimum atomic E-state index is -0.103. The summed E-state index contributed by atoms with van der Waals surface area (Å²) in [5.41, 5.74) is 2.29. The van der Waals surface area contributed by atoms with Gasteiger partial charge in [-0.2, -0.15) is 10.2 Å². The maximum absolute atomic E-state index is 9.55. The van der Waals surface area contributed by atoms with Crippen molar-refractivity contribution in [2.75, 3.05) is 17.2 Å². The third-order valence-corrected chi connectivity index (χ3v) is 4.37. The third-order valence-electron chi connectivity index (χ3n) is 4.37. The Balaban J connectivity index is 1.89. The number of para-hydroxylation sites is 1. The molecule has 2 aromatic rings. The van der Waals surface area contributed by atoms with Crippen LogP contribution in [0, 0.1) is 17.2 Å². The molecule has 1 saturated carbocycles. The third kappa shape index (κ3) is 4.25. The fraction of sp³-hybridized carbons (Fsp3) is 0.421. The molecular formula is C19H23N5O. The summed E-state index contributed by atoms with van der Waals surface area (Å²) in [7, 11) is 0. The molecule has 0 unspecified atom stereocenters. The van der Waals surface area contributed by atoms with Crippen molar-refractivity contribution >= 4 is 17.5 Å². The van der Waals surface area contributed by atoms with Gasteiger partial charge < -0.3 is 15.7 Å². The second kappa shape index (κ2) is 7.49. The Morgan fingerprint density at radius 1 is 1.28 bits per heavy atom. The van der Waals surface area contributed by atoms with Gasteiger partial charge in [-0.3, -0.25) is 0 Å². The number of aromatic nitrogens is 2. The van der Waals surface area contributed by atoms with Gasteiger partial charge in [0.05, 0.1) is 29.6 Å². The lowest BCUT2D eigenvalue weighted by atomic mass is 10.1. The normalized spacial score (nSPS) is 14.8. The molecule has 130 valence electrons. The summed E-state index contributed by atoms with van der Waals surface area (Å²) in [6, 6.07) is 11.4. The molecule has 1 aliphatic rings. The number of nitrogens with zero attached hydrogens (tertiary/aromatic N) is 3. The summed E-state index contributed by atoms with van der Waals surface area (Å²) in [6.45, 7) is 4.11. The van der Waals surface area contributed by atoms with E-state index in [4.69, 9.17) is 0 Å². The molecule has 0 aliphatic heterocycles. The molecule has 25 heavy (non-hydrogen) atoms. The van der Waals surface area contributed by atoms with E-state index < -0.39 is 0 Å². The largest absolute Gasteiger partial charge is 0.394 e. The van der Waals surface area contributed by atoms with Crippen LogP contribution in [0.2, 0.25) is 0 Å². The molecular weight excluding hydrogens is 314 g/mol. The van der Waals surface area contributed by atoms with Crippen molar-refractivity contribution in [3.8, 4) is 6.07 Å². The highest BCUT2D eigenvalue weighted by atomic mass is 16.3. The number of nitrogens with one attached hydrogen (secondary N) is 2. The first kappa shape index (κ1) is 17.2. The Morgan fingerprint density at radius 2 is 2.04 bits per heavy atom. The van der Waals surface area contributed by atoms with Gasteiger partial charge in [-0.1, -0.05) is 26.0 Å². The van der Waals surface area contributed by atoms with E-state index in [1.165, 1.54) is 0 Å². The molecule has 0 spiro atoms. The number of anilines is 3. The molecule has 0 bridgehead atoms. The van der Waals surface area contributed by atoms with Crippen molar-refractivity contribution in [2.24, 2.45) is 5.92 Å². The van der Waals surface area contributed by atoms with Crippen molar-refractivity contribution in [2.45, 2.75) is 38.6 Å². The Morgan fingerprint density at radius 3 is 2.68 bits per heavy atom. The van der Waals surface area contributed by atoms with Gasteiger partial charge in [0.15, 0.2) is 0 Å². The van der Waals surface area contributed by atoms with Crippen LogP contribution in [0.25, 0.3) is 0 Å². The molecule has 3 N–H and O–H groups in total. The topological polar surface area (TPSA) is 93.9 Å². The number of aliphatic hydroxyl groups excluding tert-OH is 1. The molecule has 1 fully saturated rings. The van der Waals surface area contributed by atoms with Crippen molar-refractivity contribution < 1.29 is 5.11 Å². The summed E-state index contributed by atoms with van der Waals surface area (Å²) in [4.78, 5) is 9.14. The Hall–Kier alpha value is -2.65. The first-order chi connectivity index (χ1) is 12.1. The second-order valence-electron chi connectivity index (χ2n) is 6.74. The number of benzene rings is 1. The Kier molecular flexibility index (Phi) is 5.15. The summed E-state index contributed by atoms with van der Waals surface area (Å²) in [6.07, 6.45) is 2.27. The number of hydrogen-bond donors (Lipinski definition) is 3. The number of rotatable bonds is 7. The number of hydrogen-bond acceptors (Lipinski definition) is 6. The lowest BCUT2D eigenvalue weighted by Gasteiger charge is -2.20. The monoisotopic (exact) mass is 337 g/mol. The SMILES string of the molecule is CC(C)[C@@H](CO)Nc1nc(Nc2ccccc2C#N)cc(C2CC2)n1. The van der Waals surface area contributed by atoms with Crippen LogP contribution < -0.4 is 10.6 Å². The first-order valence-electron chi connectivity index (χ1n) is 8.63. The van der Waals surface area contributed by atoms with Gasteiger partial charge in [-0.25, -0.2) is 4.98 Å². The minimum Gasteiger partial charge on any atom is -0.394 e. The Bertz CT molecular complexity index is 780. The van der Waals surface area contributed by atoms with E-state index in [1.807, 2.05) is 38.1 Å². The highest BCUT2D eigenvalue weighted by Gasteiger charge is 2.26. The first-order valence-corrected chi connectivity index (χ1v) is 8.63. The zero-order valence-corrected chi connectivity index (χ0v) is 14.5. The van der Waals surface area contributed by atoms with Gasteiger partial charge in [0.25, 0.3) is 0 Å². The molecule has 1 heterocycles. The lowest BCUT2D eigenvalue weighted by Crippen LogP contribution is -2.30. The molecule has 1 aromatic heterocycles. The van der Waals surface area contributed by atoms with E-state index in [2.05, 4.69) is 26.7 Å². The summed E-state index contributed by atoms with van der Waals surface area (Å²) in [5.74, 6) is 1.90. The standard InChI is InChI=1S/C19H23N5O/c1-12(2)17(11-25)23-19-22-16(13-7-8-13)9-18(24-19)21-15-6-4-3-5-14(15)10-20/h3-6,9,12-13,17,25H,7-8,11H2,1-2H3,(H2,21,22,23,24)/t17-/m1/s1. The summed E-state index contributed by atoms with van der Waals surface area (Å²) < 4.78 is 0. The van der Waals surface area contributed by atoms with Gasteiger partial charge in [0.1, 0.15) is 11.9 Å². The van der Waals surface area contributed by atoms with Crippen LogP contribution in [0.3, 0.4) is 0 Å². The van der Waals surface area contributed by atoms with E-state index in [1.54, 1.807) is 6.07 Å². The molecule has 6 heteroatoms. The van der Waals surface area contributed by atoms with Crippen molar-refractivity contribution in [3.05, 3.63) is 41.6 Å². The van der Waals surface area contributed by atoms with E-state index >= 15 is 0 Å². The zero-order chi connectivity index (χ0) is 17.8.